The lowest BCUT2D eigenvalue weighted by Gasteiger charge is -2.35. The Kier molecular flexibility index (Phi) is 3.97. The summed E-state index contributed by atoms with van der Waals surface area (Å²) in [6.45, 7) is 3.09. The van der Waals surface area contributed by atoms with Crippen molar-refractivity contribution >= 4 is 17.3 Å². The molecule has 0 unspecified atom stereocenters. The molecule has 2 aromatic rings. The summed E-state index contributed by atoms with van der Waals surface area (Å²) in [7, 11) is 0. The highest BCUT2D eigenvalue weighted by Crippen LogP contribution is 2.28. The van der Waals surface area contributed by atoms with Crippen LogP contribution in [0.25, 0.3) is 5.69 Å². The Hall–Kier alpha value is -1.81. The van der Waals surface area contributed by atoms with Gasteiger partial charge in [-0.05, 0) is 38.3 Å². The van der Waals surface area contributed by atoms with Crippen LogP contribution in [0, 0.1) is 0 Å². The Bertz CT molecular complexity index is 684. The van der Waals surface area contributed by atoms with Crippen molar-refractivity contribution in [3.63, 3.8) is 0 Å². The number of benzene rings is 1. The maximum absolute atomic E-state index is 12.5. The normalized spacial score (nSPS) is 18.8. The summed E-state index contributed by atoms with van der Waals surface area (Å²) in [6.07, 6.45) is 5.18. The van der Waals surface area contributed by atoms with E-state index in [1.165, 1.54) is 11.1 Å². The fraction of sp³-hybridized carbons (Fsp3) is 0.375. The highest BCUT2D eigenvalue weighted by atomic mass is 35.5. The minimum absolute atomic E-state index is 0.252. The van der Waals surface area contributed by atoms with Crippen LogP contribution in [-0.2, 0) is 0 Å². The van der Waals surface area contributed by atoms with Crippen LogP contribution in [0.4, 0.5) is 5.69 Å². The molecule has 1 aromatic carbocycles. The number of rotatable bonds is 2. The van der Waals surface area contributed by atoms with Gasteiger partial charge in [0.2, 0.25) is 0 Å². The zero-order valence-corrected chi connectivity index (χ0v) is 12.8. The lowest BCUT2D eigenvalue weighted by Crippen LogP contribution is -2.39. The third-order valence-electron chi connectivity index (χ3n) is 4.01. The Morgan fingerprint density at radius 2 is 2.00 bits per heavy atom. The van der Waals surface area contributed by atoms with E-state index < -0.39 is 0 Å². The van der Waals surface area contributed by atoms with Crippen LogP contribution in [0.3, 0.4) is 0 Å². The van der Waals surface area contributed by atoms with E-state index in [4.69, 9.17) is 11.6 Å². The Morgan fingerprint density at radius 1 is 1.24 bits per heavy atom. The Labute approximate surface area is 129 Å². The number of piperidine rings is 1. The average Bonchev–Trinajstić information content (AvgIpc) is 2.52. The molecule has 1 aliphatic heterocycles. The first-order valence-electron chi connectivity index (χ1n) is 7.28. The van der Waals surface area contributed by atoms with Crippen LogP contribution >= 0.6 is 11.6 Å². The van der Waals surface area contributed by atoms with Crippen molar-refractivity contribution in [3.05, 3.63) is 51.9 Å². The fourth-order valence-corrected chi connectivity index (χ4v) is 3.07. The molecule has 3 rings (SSSR count). The van der Waals surface area contributed by atoms with E-state index in [1.54, 1.807) is 6.20 Å². The fourth-order valence-electron chi connectivity index (χ4n) is 2.83. The summed E-state index contributed by atoms with van der Waals surface area (Å²) in [5.74, 6) is 0. The number of anilines is 1. The summed E-state index contributed by atoms with van der Waals surface area (Å²) in [6, 6.07) is 9.72. The van der Waals surface area contributed by atoms with E-state index in [9.17, 15) is 4.79 Å². The number of halogens is 1. The lowest BCUT2D eigenvalue weighted by atomic mass is 10.0. The van der Waals surface area contributed by atoms with Crippen molar-refractivity contribution in [2.75, 3.05) is 11.4 Å². The molecular formula is C16H18ClN3O. The number of hydrogen-bond acceptors (Lipinski definition) is 3. The van der Waals surface area contributed by atoms with Crippen LogP contribution < -0.4 is 10.5 Å². The van der Waals surface area contributed by atoms with Gasteiger partial charge in [-0.3, -0.25) is 4.79 Å². The van der Waals surface area contributed by atoms with E-state index in [0.717, 1.165) is 30.8 Å². The van der Waals surface area contributed by atoms with Crippen molar-refractivity contribution in [3.8, 4) is 5.69 Å². The van der Waals surface area contributed by atoms with Gasteiger partial charge in [0.15, 0.2) is 0 Å². The van der Waals surface area contributed by atoms with Crippen molar-refractivity contribution in [1.82, 2.24) is 9.78 Å². The number of aromatic nitrogens is 2. The van der Waals surface area contributed by atoms with Crippen LogP contribution in [0.2, 0.25) is 5.02 Å². The number of nitrogens with zero attached hydrogens (tertiary/aromatic N) is 3. The van der Waals surface area contributed by atoms with Gasteiger partial charge in [0, 0.05) is 12.6 Å². The van der Waals surface area contributed by atoms with E-state index in [-0.39, 0.29) is 10.6 Å². The molecule has 5 heteroatoms. The third kappa shape index (κ3) is 2.68. The van der Waals surface area contributed by atoms with Crippen molar-refractivity contribution in [2.24, 2.45) is 0 Å². The summed E-state index contributed by atoms with van der Waals surface area (Å²) in [5, 5.41) is 4.55. The van der Waals surface area contributed by atoms with Gasteiger partial charge in [0.25, 0.3) is 5.56 Å². The molecule has 0 radical (unpaired) electrons. The standard InChI is InChI=1S/C16H18ClN3O/c1-12-7-5-6-10-19(12)14-11-18-20(16(21)15(14)17)13-8-3-2-4-9-13/h2-4,8-9,11-12H,5-7,10H2,1H3/t12-/m0/s1. The molecule has 1 aromatic heterocycles. The predicted molar refractivity (Wildman–Crippen MR) is 85.5 cm³/mol. The lowest BCUT2D eigenvalue weighted by molar-refractivity contribution is 0.483. The van der Waals surface area contributed by atoms with Gasteiger partial charge in [0.1, 0.15) is 5.02 Å². The largest absolute Gasteiger partial charge is 0.366 e. The molecule has 0 amide bonds. The maximum Gasteiger partial charge on any atom is 0.292 e. The zero-order valence-electron chi connectivity index (χ0n) is 12.0. The molecule has 0 bridgehead atoms. The van der Waals surface area contributed by atoms with Gasteiger partial charge in [-0.1, -0.05) is 29.8 Å². The number of para-hydroxylation sites is 1. The highest BCUT2D eigenvalue weighted by molar-refractivity contribution is 6.33. The zero-order chi connectivity index (χ0) is 14.8. The van der Waals surface area contributed by atoms with Gasteiger partial charge in [0.05, 0.1) is 17.6 Å². The second-order valence-corrected chi connectivity index (χ2v) is 5.81. The summed E-state index contributed by atoms with van der Waals surface area (Å²) in [5.41, 5.74) is 1.21. The summed E-state index contributed by atoms with van der Waals surface area (Å²) < 4.78 is 1.35. The van der Waals surface area contributed by atoms with Crippen LogP contribution in [0.5, 0.6) is 0 Å². The molecule has 0 saturated carbocycles. The SMILES string of the molecule is C[C@H]1CCCCN1c1cnn(-c2ccccc2)c(=O)c1Cl. The van der Waals surface area contributed by atoms with Gasteiger partial charge >= 0.3 is 0 Å². The number of hydrogen-bond donors (Lipinski definition) is 0. The predicted octanol–water partition coefficient (Wildman–Crippen LogP) is 3.26. The molecular weight excluding hydrogens is 286 g/mol. The molecule has 2 heterocycles. The minimum Gasteiger partial charge on any atom is -0.366 e. The van der Waals surface area contributed by atoms with Gasteiger partial charge in [-0.2, -0.15) is 9.78 Å². The van der Waals surface area contributed by atoms with Crippen LogP contribution in [-0.4, -0.2) is 22.4 Å². The molecule has 0 aliphatic carbocycles. The molecule has 0 spiro atoms. The smallest absolute Gasteiger partial charge is 0.292 e. The molecule has 1 atom stereocenters. The molecule has 1 aliphatic rings. The second-order valence-electron chi connectivity index (χ2n) is 5.43. The van der Waals surface area contributed by atoms with Gasteiger partial charge in [-0.15, -0.1) is 0 Å². The van der Waals surface area contributed by atoms with Crippen molar-refractivity contribution < 1.29 is 0 Å². The van der Waals surface area contributed by atoms with Crippen molar-refractivity contribution in [2.45, 2.75) is 32.2 Å². The van der Waals surface area contributed by atoms with E-state index >= 15 is 0 Å². The monoisotopic (exact) mass is 303 g/mol. The van der Waals surface area contributed by atoms with E-state index in [1.807, 2.05) is 30.3 Å². The molecule has 0 N–H and O–H groups in total. The summed E-state index contributed by atoms with van der Waals surface area (Å²) in [4.78, 5) is 14.7. The minimum atomic E-state index is -0.266. The topological polar surface area (TPSA) is 38.1 Å². The van der Waals surface area contributed by atoms with Crippen LogP contribution in [0.15, 0.2) is 41.3 Å². The molecule has 21 heavy (non-hydrogen) atoms. The van der Waals surface area contributed by atoms with Gasteiger partial charge < -0.3 is 4.90 Å². The van der Waals surface area contributed by atoms with Gasteiger partial charge in [-0.25, -0.2) is 0 Å². The molecule has 1 fully saturated rings. The molecule has 1 saturated heterocycles. The Balaban J connectivity index is 2.03. The maximum atomic E-state index is 12.5. The summed E-state index contributed by atoms with van der Waals surface area (Å²) >= 11 is 6.33. The van der Waals surface area contributed by atoms with Crippen molar-refractivity contribution in [1.29, 1.82) is 0 Å². The van der Waals surface area contributed by atoms with E-state index in [0.29, 0.717) is 6.04 Å². The second kappa shape index (κ2) is 5.90. The molecule has 110 valence electrons. The quantitative estimate of drug-likeness (QED) is 0.854. The highest BCUT2D eigenvalue weighted by Gasteiger charge is 2.23. The average molecular weight is 304 g/mol. The third-order valence-corrected chi connectivity index (χ3v) is 4.37. The van der Waals surface area contributed by atoms with Crippen LogP contribution in [0.1, 0.15) is 26.2 Å². The van der Waals surface area contributed by atoms with E-state index in [2.05, 4.69) is 16.9 Å². The first-order chi connectivity index (χ1) is 10.2. The Morgan fingerprint density at radius 3 is 2.71 bits per heavy atom. The molecule has 4 nitrogen and oxygen atoms in total. The first-order valence-corrected chi connectivity index (χ1v) is 7.66. The first kappa shape index (κ1) is 14.1.